The number of carbonyl (C=O) groups is 1. The first-order chi connectivity index (χ1) is 14.9. The van der Waals surface area contributed by atoms with Crippen molar-refractivity contribution in [1.29, 1.82) is 0 Å². The van der Waals surface area contributed by atoms with E-state index in [4.69, 9.17) is 0 Å². The van der Waals surface area contributed by atoms with E-state index in [0.29, 0.717) is 0 Å². The van der Waals surface area contributed by atoms with E-state index in [1.807, 2.05) is 61.9 Å². The van der Waals surface area contributed by atoms with Crippen LogP contribution in [-0.2, 0) is 24.7 Å². The van der Waals surface area contributed by atoms with Crippen molar-refractivity contribution in [3.8, 4) is 10.7 Å². The van der Waals surface area contributed by atoms with Crippen LogP contribution in [0, 0.1) is 19.8 Å². The van der Waals surface area contributed by atoms with Crippen LogP contribution in [0.3, 0.4) is 0 Å². The van der Waals surface area contributed by atoms with Crippen molar-refractivity contribution in [2.75, 3.05) is 5.32 Å². The summed E-state index contributed by atoms with van der Waals surface area (Å²) in [6.07, 6.45) is 4.89. The molecule has 3 aromatic rings. The zero-order valence-corrected chi connectivity index (χ0v) is 20.5. The molecule has 2 unspecified atom stereocenters. The summed E-state index contributed by atoms with van der Waals surface area (Å²) < 4.78 is 2.02. The number of rotatable bonds is 6. The fraction of sp³-hybridized carbons (Fsp3) is 0.458. The van der Waals surface area contributed by atoms with Crippen LogP contribution >= 0.6 is 23.1 Å². The molecule has 31 heavy (non-hydrogen) atoms. The molecular formula is C24H30N4OS2. The van der Waals surface area contributed by atoms with Crippen molar-refractivity contribution in [3.05, 3.63) is 45.8 Å². The van der Waals surface area contributed by atoms with E-state index in [1.54, 1.807) is 0 Å². The van der Waals surface area contributed by atoms with Crippen LogP contribution in [-0.4, -0.2) is 25.9 Å². The third-order valence-corrected chi connectivity index (χ3v) is 8.57. The van der Waals surface area contributed by atoms with E-state index in [1.165, 1.54) is 52.8 Å². The Morgan fingerprint density at radius 3 is 2.77 bits per heavy atom. The summed E-state index contributed by atoms with van der Waals surface area (Å²) in [5.41, 5.74) is 4.52. The summed E-state index contributed by atoms with van der Waals surface area (Å²) >= 11 is 3.29. The van der Waals surface area contributed by atoms with Gasteiger partial charge in [0.25, 0.3) is 0 Å². The van der Waals surface area contributed by atoms with Gasteiger partial charge >= 0.3 is 0 Å². The predicted octanol–water partition coefficient (Wildman–Crippen LogP) is 5.79. The molecular weight excluding hydrogens is 424 g/mol. The van der Waals surface area contributed by atoms with Crippen molar-refractivity contribution >= 4 is 34.7 Å². The van der Waals surface area contributed by atoms with Gasteiger partial charge in [-0.1, -0.05) is 43.3 Å². The van der Waals surface area contributed by atoms with Gasteiger partial charge in [-0.2, -0.15) is 0 Å². The fourth-order valence-electron chi connectivity index (χ4n) is 4.14. The standard InChI is InChI=1S/C24H30N4OS2/c1-6-17-10-11-19-18(12-17)13-20(31-19)22-26-27-24(28(22)5)30-16(4)23(29)25-21-14(2)8-7-9-15(21)3/h7-9,13,16-17H,6,10-12H2,1-5H3,(H,25,29). The third kappa shape index (κ3) is 4.58. The normalized spacial score (nSPS) is 16.7. The van der Waals surface area contributed by atoms with Crippen LogP contribution in [0.4, 0.5) is 5.69 Å². The molecule has 2 atom stereocenters. The number of amides is 1. The first kappa shape index (κ1) is 22.1. The second kappa shape index (κ2) is 9.17. The van der Waals surface area contributed by atoms with E-state index in [2.05, 4.69) is 28.5 Å². The lowest BCUT2D eigenvalue weighted by Gasteiger charge is -2.19. The number of hydrogen-bond acceptors (Lipinski definition) is 5. The van der Waals surface area contributed by atoms with Crippen molar-refractivity contribution in [1.82, 2.24) is 14.8 Å². The summed E-state index contributed by atoms with van der Waals surface area (Å²) in [5.74, 6) is 1.67. The Bertz CT molecular complexity index is 1080. The van der Waals surface area contributed by atoms with Crippen LogP contribution in [0.15, 0.2) is 29.4 Å². The van der Waals surface area contributed by atoms with Gasteiger partial charge in [-0.15, -0.1) is 21.5 Å². The molecule has 5 nitrogen and oxygen atoms in total. The number of nitrogens with one attached hydrogen (secondary N) is 1. The second-order valence-electron chi connectivity index (χ2n) is 8.46. The number of para-hydroxylation sites is 1. The van der Waals surface area contributed by atoms with E-state index in [9.17, 15) is 4.79 Å². The number of thiophene rings is 1. The zero-order valence-electron chi connectivity index (χ0n) is 18.9. The van der Waals surface area contributed by atoms with Crippen LogP contribution in [0.2, 0.25) is 0 Å². The molecule has 1 aliphatic carbocycles. The first-order valence-electron chi connectivity index (χ1n) is 10.9. The summed E-state index contributed by atoms with van der Waals surface area (Å²) in [6, 6.07) is 8.33. The number of hydrogen-bond donors (Lipinski definition) is 1. The summed E-state index contributed by atoms with van der Waals surface area (Å²) in [6.45, 7) is 8.22. The minimum atomic E-state index is -0.281. The van der Waals surface area contributed by atoms with E-state index < -0.39 is 0 Å². The van der Waals surface area contributed by atoms with Crippen LogP contribution in [0.25, 0.3) is 10.7 Å². The molecule has 0 radical (unpaired) electrons. The highest BCUT2D eigenvalue weighted by atomic mass is 32.2. The zero-order chi connectivity index (χ0) is 22.1. The van der Waals surface area contributed by atoms with Gasteiger partial charge in [-0.05, 0) is 68.7 Å². The number of anilines is 1. The Kier molecular flexibility index (Phi) is 6.53. The molecule has 1 N–H and O–H groups in total. The lowest BCUT2D eigenvalue weighted by atomic mass is 9.87. The van der Waals surface area contributed by atoms with Gasteiger partial charge in [0.1, 0.15) is 0 Å². The number of carbonyl (C=O) groups excluding carboxylic acids is 1. The number of aryl methyl sites for hydroxylation is 3. The van der Waals surface area contributed by atoms with Crippen molar-refractivity contribution in [2.45, 2.75) is 63.8 Å². The quantitative estimate of drug-likeness (QED) is 0.479. The highest BCUT2D eigenvalue weighted by molar-refractivity contribution is 8.00. The number of thioether (sulfide) groups is 1. The van der Waals surface area contributed by atoms with E-state index in [0.717, 1.165) is 33.7 Å². The molecule has 0 fully saturated rings. The second-order valence-corrected chi connectivity index (χ2v) is 10.9. The SMILES string of the molecule is CCC1CCc2sc(-c3nnc(SC(C)C(=O)Nc4c(C)cccc4C)n3C)cc2C1. The molecule has 7 heteroatoms. The highest BCUT2D eigenvalue weighted by Crippen LogP contribution is 2.38. The Labute approximate surface area is 192 Å². The number of aromatic nitrogens is 3. The van der Waals surface area contributed by atoms with Gasteiger partial charge in [0.2, 0.25) is 5.91 Å². The Morgan fingerprint density at radius 2 is 2.06 bits per heavy atom. The Balaban J connectivity index is 1.47. The molecule has 4 rings (SSSR count). The summed E-state index contributed by atoms with van der Waals surface area (Å²) in [5, 5.41) is 12.4. The van der Waals surface area contributed by atoms with Gasteiger partial charge in [0, 0.05) is 17.6 Å². The van der Waals surface area contributed by atoms with Gasteiger partial charge < -0.3 is 9.88 Å². The van der Waals surface area contributed by atoms with Gasteiger partial charge in [0.05, 0.1) is 10.1 Å². The molecule has 0 saturated heterocycles. The Morgan fingerprint density at radius 1 is 1.32 bits per heavy atom. The van der Waals surface area contributed by atoms with Crippen LogP contribution in [0.5, 0.6) is 0 Å². The number of benzene rings is 1. The van der Waals surface area contributed by atoms with E-state index >= 15 is 0 Å². The summed E-state index contributed by atoms with van der Waals surface area (Å²) in [4.78, 5) is 15.5. The molecule has 164 valence electrons. The maximum absolute atomic E-state index is 12.8. The average Bonchev–Trinajstić information content (AvgIpc) is 3.33. The molecule has 1 aromatic carbocycles. The number of fused-ring (bicyclic) bond motifs is 1. The molecule has 0 saturated carbocycles. The molecule has 0 aliphatic heterocycles. The maximum Gasteiger partial charge on any atom is 0.237 e. The van der Waals surface area contributed by atoms with Crippen LogP contribution in [0.1, 0.15) is 48.3 Å². The minimum absolute atomic E-state index is 0.0239. The molecule has 0 spiro atoms. The fourth-order valence-corrected chi connectivity index (χ4v) is 6.18. The molecule has 0 bridgehead atoms. The van der Waals surface area contributed by atoms with Gasteiger partial charge in [0.15, 0.2) is 11.0 Å². The van der Waals surface area contributed by atoms with Crippen molar-refractivity contribution < 1.29 is 4.79 Å². The van der Waals surface area contributed by atoms with Gasteiger partial charge in [-0.3, -0.25) is 4.79 Å². The third-order valence-electron chi connectivity index (χ3n) is 6.20. The summed E-state index contributed by atoms with van der Waals surface area (Å²) in [7, 11) is 1.99. The number of nitrogens with zero attached hydrogens (tertiary/aromatic N) is 3. The topological polar surface area (TPSA) is 59.8 Å². The smallest absolute Gasteiger partial charge is 0.237 e. The van der Waals surface area contributed by atoms with Crippen molar-refractivity contribution in [2.24, 2.45) is 13.0 Å². The lowest BCUT2D eigenvalue weighted by Crippen LogP contribution is -2.23. The molecule has 2 aromatic heterocycles. The lowest BCUT2D eigenvalue weighted by molar-refractivity contribution is -0.115. The largest absolute Gasteiger partial charge is 0.325 e. The average molecular weight is 455 g/mol. The Hall–Kier alpha value is -2.12. The maximum atomic E-state index is 12.8. The monoisotopic (exact) mass is 454 g/mol. The van der Waals surface area contributed by atoms with E-state index in [-0.39, 0.29) is 11.2 Å². The minimum Gasteiger partial charge on any atom is -0.325 e. The highest BCUT2D eigenvalue weighted by Gasteiger charge is 2.24. The van der Waals surface area contributed by atoms with Crippen molar-refractivity contribution in [3.63, 3.8) is 0 Å². The molecule has 2 heterocycles. The van der Waals surface area contributed by atoms with Crippen LogP contribution < -0.4 is 5.32 Å². The predicted molar refractivity (Wildman–Crippen MR) is 130 cm³/mol. The molecule has 1 aliphatic rings. The first-order valence-corrected chi connectivity index (χ1v) is 12.6. The van der Waals surface area contributed by atoms with Gasteiger partial charge in [-0.25, -0.2) is 0 Å². The molecule has 1 amide bonds.